The first-order valence-electron chi connectivity index (χ1n) is 11.6. The third-order valence-corrected chi connectivity index (χ3v) is 6.14. The van der Waals surface area contributed by atoms with Crippen molar-refractivity contribution < 1.29 is 19.1 Å². The van der Waals surface area contributed by atoms with Crippen LogP contribution in [0.4, 0.5) is 4.79 Å². The molecule has 0 bridgehead atoms. The van der Waals surface area contributed by atoms with Crippen LogP contribution >= 0.6 is 0 Å². The van der Waals surface area contributed by atoms with Crippen LogP contribution in [0.3, 0.4) is 0 Å². The zero-order valence-electron chi connectivity index (χ0n) is 18.9. The van der Waals surface area contributed by atoms with Crippen molar-refractivity contribution in [2.75, 3.05) is 32.9 Å². The summed E-state index contributed by atoms with van der Waals surface area (Å²) in [5.41, 5.74) is 1.00. The standard InChI is InChI=1S/C24H34N4O4/c1-19(23(29)26-21(16-25)18-32-17-20-8-4-2-5-9-20)28(22-10-6-3-7-11-22)24(30)27-12-14-31-15-13-27/h2,4-5,8-9,19,21-22H,3,6-7,10-15,17-18H2,1H3,(H,26,29)/t19-,21+/m0/s1. The molecule has 1 aliphatic carbocycles. The van der Waals surface area contributed by atoms with Crippen molar-refractivity contribution in [1.29, 1.82) is 5.26 Å². The Hall–Kier alpha value is -2.63. The van der Waals surface area contributed by atoms with Gasteiger partial charge in [0.1, 0.15) is 12.1 Å². The van der Waals surface area contributed by atoms with E-state index in [4.69, 9.17) is 9.47 Å². The first-order chi connectivity index (χ1) is 15.6. The number of benzene rings is 1. The molecule has 1 aromatic carbocycles. The van der Waals surface area contributed by atoms with Crippen LogP contribution in [-0.2, 0) is 20.9 Å². The van der Waals surface area contributed by atoms with E-state index in [0.29, 0.717) is 32.9 Å². The van der Waals surface area contributed by atoms with Crippen molar-refractivity contribution in [1.82, 2.24) is 15.1 Å². The van der Waals surface area contributed by atoms with Crippen molar-refractivity contribution in [3.8, 4) is 6.07 Å². The molecule has 0 aromatic heterocycles. The summed E-state index contributed by atoms with van der Waals surface area (Å²) >= 11 is 0. The second kappa shape index (κ2) is 12.4. The monoisotopic (exact) mass is 442 g/mol. The average Bonchev–Trinajstić information content (AvgIpc) is 2.85. The molecular formula is C24H34N4O4. The maximum atomic E-state index is 13.4. The fourth-order valence-electron chi connectivity index (χ4n) is 4.31. The Balaban J connectivity index is 1.60. The highest BCUT2D eigenvalue weighted by atomic mass is 16.5. The number of nitrogens with one attached hydrogen (secondary N) is 1. The predicted octanol–water partition coefficient (Wildman–Crippen LogP) is 2.69. The van der Waals surface area contributed by atoms with Gasteiger partial charge in [-0.2, -0.15) is 5.26 Å². The molecule has 8 nitrogen and oxygen atoms in total. The summed E-state index contributed by atoms with van der Waals surface area (Å²) in [5.74, 6) is -0.327. The molecule has 3 rings (SSSR count). The van der Waals surface area contributed by atoms with Gasteiger partial charge in [-0.1, -0.05) is 49.6 Å². The van der Waals surface area contributed by atoms with Gasteiger partial charge in [-0.3, -0.25) is 4.79 Å². The van der Waals surface area contributed by atoms with Crippen LogP contribution in [0.15, 0.2) is 30.3 Å². The molecule has 0 unspecified atom stereocenters. The Morgan fingerprint density at radius 2 is 1.91 bits per heavy atom. The SMILES string of the molecule is C[C@@H](C(=O)N[C@H](C#N)COCc1ccccc1)N(C(=O)N1CCOCC1)C1CCCCC1. The second-order valence-corrected chi connectivity index (χ2v) is 8.45. The van der Waals surface area contributed by atoms with Crippen molar-refractivity contribution in [3.05, 3.63) is 35.9 Å². The number of nitriles is 1. The lowest BCUT2D eigenvalue weighted by Crippen LogP contribution is -2.59. The van der Waals surface area contributed by atoms with Gasteiger partial charge in [-0.25, -0.2) is 4.79 Å². The fraction of sp³-hybridized carbons (Fsp3) is 0.625. The molecule has 1 heterocycles. The van der Waals surface area contributed by atoms with Gasteiger partial charge in [0, 0.05) is 19.1 Å². The van der Waals surface area contributed by atoms with Crippen molar-refractivity contribution in [3.63, 3.8) is 0 Å². The first-order valence-corrected chi connectivity index (χ1v) is 11.6. The molecule has 2 fully saturated rings. The molecular weight excluding hydrogens is 408 g/mol. The van der Waals surface area contributed by atoms with E-state index in [1.165, 1.54) is 0 Å². The quantitative estimate of drug-likeness (QED) is 0.668. The van der Waals surface area contributed by atoms with E-state index >= 15 is 0 Å². The number of amides is 3. The number of nitrogens with zero attached hydrogens (tertiary/aromatic N) is 3. The molecule has 3 amide bonds. The Labute approximate surface area is 190 Å². The maximum Gasteiger partial charge on any atom is 0.321 e. The number of morpholine rings is 1. The number of hydrogen-bond acceptors (Lipinski definition) is 5. The van der Waals surface area contributed by atoms with E-state index in [1.54, 1.807) is 16.7 Å². The minimum atomic E-state index is -0.777. The predicted molar refractivity (Wildman–Crippen MR) is 120 cm³/mol. The fourth-order valence-corrected chi connectivity index (χ4v) is 4.31. The Morgan fingerprint density at radius 1 is 1.22 bits per heavy atom. The molecule has 32 heavy (non-hydrogen) atoms. The van der Waals surface area contributed by atoms with Crippen LogP contribution in [0.2, 0.25) is 0 Å². The Bertz CT molecular complexity index is 770. The molecule has 1 saturated carbocycles. The van der Waals surface area contributed by atoms with Gasteiger partial charge >= 0.3 is 6.03 Å². The topological polar surface area (TPSA) is 94.9 Å². The minimum Gasteiger partial charge on any atom is -0.378 e. The van der Waals surface area contributed by atoms with Crippen molar-refractivity contribution >= 4 is 11.9 Å². The Kier molecular flexibility index (Phi) is 9.32. The van der Waals surface area contributed by atoms with Gasteiger partial charge < -0.3 is 24.6 Å². The highest BCUT2D eigenvalue weighted by molar-refractivity contribution is 5.87. The van der Waals surface area contributed by atoms with Crippen LogP contribution in [0, 0.1) is 11.3 Å². The summed E-state index contributed by atoms with van der Waals surface area (Å²) in [6.07, 6.45) is 5.07. The van der Waals surface area contributed by atoms with E-state index in [9.17, 15) is 14.9 Å². The molecule has 0 radical (unpaired) electrons. The van der Waals surface area contributed by atoms with Gasteiger partial charge in [-0.05, 0) is 25.3 Å². The minimum absolute atomic E-state index is 0.0368. The normalized spacial score (nSPS) is 18.9. The molecule has 1 aromatic rings. The lowest BCUT2D eigenvalue weighted by molar-refractivity contribution is -0.127. The molecule has 174 valence electrons. The highest BCUT2D eigenvalue weighted by Gasteiger charge is 2.36. The van der Waals surface area contributed by atoms with Gasteiger partial charge in [0.15, 0.2) is 0 Å². The molecule has 1 aliphatic heterocycles. The number of ether oxygens (including phenoxy) is 2. The van der Waals surface area contributed by atoms with Crippen LogP contribution in [0.1, 0.15) is 44.6 Å². The largest absolute Gasteiger partial charge is 0.378 e. The third-order valence-electron chi connectivity index (χ3n) is 6.14. The summed E-state index contributed by atoms with van der Waals surface area (Å²) in [6, 6.07) is 10.2. The van der Waals surface area contributed by atoms with Gasteiger partial charge in [0.25, 0.3) is 0 Å². The molecule has 1 N–H and O–H groups in total. The molecule has 0 spiro atoms. The second-order valence-electron chi connectivity index (χ2n) is 8.45. The number of carbonyl (C=O) groups is 2. The van der Waals surface area contributed by atoms with Crippen LogP contribution in [0.25, 0.3) is 0 Å². The van der Waals surface area contributed by atoms with Gasteiger partial charge in [-0.15, -0.1) is 0 Å². The summed E-state index contributed by atoms with van der Waals surface area (Å²) < 4.78 is 11.0. The van der Waals surface area contributed by atoms with E-state index in [-0.39, 0.29) is 24.6 Å². The molecule has 2 atom stereocenters. The number of rotatable bonds is 8. The van der Waals surface area contributed by atoms with Crippen LogP contribution < -0.4 is 5.32 Å². The first kappa shape index (κ1) is 24.0. The van der Waals surface area contributed by atoms with E-state index in [0.717, 1.165) is 37.7 Å². The van der Waals surface area contributed by atoms with Gasteiger partial charge in [0.2, 0.25) is 5.91 Å². The molecule has 1 saturated heterocycles. The zero-order chi connectivity index (χ0) is 22.8. The number of hydrogen-bond donors (Lipinski definition) is 1. The highest BCUT2D eigenvalue weighted by Crippen LogP contribution is 2.26. The van der Waals surface area contributed by atoms with Crippen LogP contribution in [-0.4, -0.2) is 72.8 Å². The smallest absolute Gasteiger partial charge is 0.321 e. The summed E-state index contributed by atoms with van der Waals surface area (Å²) in [6.45, 7) is 4.30. The van der Waals surface area contributed by atoms with E-state index in [1.807, 2.05) is 30.3 Å². The van der Waals surface area contributed by atoms with Crippen LogP contribution in [0.5, 0.6) is 0 Å². The lowest BCUT2D eigenvalue weighted by atomic mass is 9.93. The van der Waals surface area contributed by atoms with E-state index < -0.39 is 12.1 Å². The lowest BCUT2D eigenvalue weighted by Gasteiger charge is -2.41. The number of carbonyl (C=O) groups excluding carboxylic acids is 2. The Morgan fingerprint density at radius 3 is 2.56 bits per heavy atom. The van der Waals surface area contributed by atoms with E-state index in [2.05, 4.69) is 11.4 Å². The summed E-state index contributed by atoms with van der Waals surface area (Å²) in [5, 5.41) is 12.3. The van der Waals surface area contributed by atoms with Crippen molar-refractivity contribution in [2.45, 2.75) is 63.8 Å². The molecule has 2 aliphatic rings. The summed E-state index contributed by atoms with van der Waals surface area (Å²) in [4.78, 5) is 29.9. The maximum absolute atomic E-state index is 13.4. The summed E-state index contributed by atoms with van der Waals surface area (Å²) in [7, 11) is 0. The van der Waals surface area contributed by atoms with Crippen molar-refractivity contribution in [2.24, 2.45) is 0 Å². The number of urea groups is 1. The average molecular weight is 443 g/mol. The van der Waals surface area contributed by atoms with Gasteiger partial charge in [0.05, 0.1) is 32.5 Å². The zero-order valence-corrected chi connectivity index (χ0v) is 18.9. The molecule has 8 heteroatoms. The third kappa shape index (κ3) is 6.68.